The molecule has 1 aliphatic rings. The number of halogens is 3. The summed E-state index contributed by atoms with van der Waals surface area (Å²) >= 11 is 0. The molecule has 2 N–H and O–H groups in total. The van der Waals surface area contributed by atoms with Crippen LogP contribution in [0.15, 0.2) is 0 Å². The van der Waals surface area contributed by atoms with Gasteiger partial charge >= 0.3 is 6.18 Å². The zero-order valence-electron chi connectivity index (χ0n) is 10.2. The van der Waals surface area contributed by atoms with Crippen LogP contribution in [0.3, 0.4) is 0 Å². The molecular weight excluding hydrogens is 233 g/mol. The molecule has 1 heterocycles. The molecule has 102 valence electrons. The zero-order valence-corrected chi connectivity index (χ0v) is 10.2. The predicted molar refractivity (Wildman–Crippen MR) is 59.7 cm³/mol. The number of methoxy groups -OCH3 is 1. The highest BCUT2D eigenvalue weighted by molar-refractivity contribution is 4.83. The van der Waals surface area contributed by atoms with E-state index in [-0.39, 0.29) is 13.0 Å². The highest BCUT2D eigenvalue weighted by Crippen LogP contribution is 2.30. The van der Waals surface area contributed by atoms with Crippen molar-refractivity contribution < 1.29 is 17.9 Å². The summed E-state index contributed by atoms with van der Waals surface area (Å²) in [6, 6.07) is -1.38. The van der Waals surface area contributed by atoms with Crippen molar-refractivity contribution in [2.24, 2.45) is 11.7 Å². The molecule has 0 aliphatic carbocycles. The largest absolute Gasteiger partial charge is 0.404 e. The third-order valence-electron chi connectivity index (χ3n) is 3.31. The maximum absolute atomic E-state index is 12.8. The minimum atomic E-state index is -4.17. The van der Waals surface area contributed by atoms with Crippen LogP contribution in [0.4, 0.5) is 13.2 Å². The average Bonchev–Trinajstić information content (AvgIpc) is 2.26. The molecule has 1 atom stereocenters. The molecular formula is C11H21F3N2O. The molecule has 17 heavy (non-hydrogen) atoms. The highest BCUT2D eigenvalue weighted by atomic mass is 19.4. The van der Waals surface area contributed by atoms with E-state index in [4.69, 9.17) is 10.5 Å². The van der Waals surface area contributed by atoms with Crippen LogP contribution in [-0.2, 0) is 4.74 Å². The lowest BCUT2D eigenvalue weighted by molar-refractivity contribution is -0.188. The molecule has 0 bridgehead atoms. The quantitative estimate of drug-likeness (QED) is 0.810. The molecule has 1 fully saturated rings. The average molecular weight is 254 g/mol. The fraction of sp³-hybridized carbons (Fsp3) is 1.00. The van der Waals surface area contributed by atoms with Crippen molar-refractivity contribution in [3.8, 4) is 0 Å². The smallest absolute Gasteiger partial charge is 0.384 e. The van der Waals surface area contributed by atoms with Gasteiger partial charge < -0.3 is 10.5 Å². The van der Waals surface area contributed by atoms with Gasteiger partial charge in [0.2, 0.25) is 0 Å². The molecule has 1 saturated heterocycles. The Labute approximate surface area is 100 Å². The van der Waals surface area contributed by atoms with Gasteiger partial charge in [-0.05, 0) is 44.8 Å². The minimum Gasteiger partial charge on any atom is -0.384 e. The maximum Gasteiger partial charge on any atom is 0.404 e. The standard InChI is InChI=1S/C11H21F3N2O/c1-17-8-9-3-6-16(7-4-9)10(2-5-15)11(12,13)14/h9-10H,2-8,15H2,1H3. The van der Waals surface area contributed by atoms with Gasteiger partial charge in [0.05, 0.1) is 0 Å². The second-order valence-electron chi connectivity index (χ2n) is 4.57. The third-order valence-corrected chi connectivity index (χ3v) is 3.31. The SMILES string of the molecule is COCC1CCN(C(CCN)C(F)(F)F)CC1. The summed E-state index contributed by atoms with van der Waals surface area (Å²) in [5.41, 5.74) is 5.26. The Hall–Kier alpha value is -0.330. The zero-order chi connectivity index (χ0) is 12.9. The van der Waals surface area contributed by atoms with E-state index in [1.807, 2.05) is 0 Å². The van der Waals surface area contributed by atoms with Crippen molar-refractivity contribution in [1.29, 1.82) is 0 Å². The van der Waals surface area contributed by atoms with Gasteiger partial charge in [-0.1, -0.05) is 0 Å². The van der Waals surface area contributed by atoms with Crippen LogP contribution < -0.4 is 5.73 Å². The summed E-state index contributed by atoms with van der Waals surface area (Å²) in [7, 11) is 1.62. The Morgan fingerprint density at radius 1 is 1.35 bits per heavy atom. The topological polar surface area (TPSA) is 38.5 Å². The maximum atomic E-state index is 12.8. The van der Waals surface area contributed by atoms with E-state index in [0.29, 0.717) is 25.6 Å². The molecule has 0 aromatic heterocycles. The number of hydrogen-bond acceptors (Lipinski definition) is 3. The predicted octanol–water partition coefficient (Wildman–Crippen LogP) is 1.62. The van der Waals surface area contributed by atoms with E-state index in [0.717, 1.165) is 12.8 Å². The Morgan fingerprint density at radius 2 is 1.94 bits per heavy atom. The van der Waals surface area contributed by atoms with Gasteiger partial charge in [-0.15, -0.1) is 0 Å². The fourth-order valence-electron chi connectivity index (χ4n) is 2.38. The molecule has 0 spiro atoms. The van der Waals surface area contributed by atoms with Gasteiger partial charge in [0.1, 0.15) is 6.04 Å². The number of likely N-dealkylation sites (tertiary alicyclic amines) is 1. The van der Waals surface area contributed by atoms with Crippen LogP contribution in [0.1, 0.15) is 19.3 Å². The van der Waals surface area contributed by atoms with Crippen molar-refractivity contribution in [1.82, 2.24) is 4.90 Å². The lowest BCUT2D eigenvalue weighted by atomic mass is 9.96. The number of nitrogens with two attached hydrogens (primary N) is 1. The summed E-state index contributed by atoms with van der Waals surface area (Å²) in [6.07, 6.45) is -2.65. The number of ether oxygens (including phenoxy) is 1. The number of hydrogen-bond donors (Lipinski definition) is 1. The van der Waals surface area contributed by atoms with E-state index < -0.39 is 12.2 Å². The van der Waals surface area contributed by atoms with Gasteiger partial charge in [0.15, 0.2) is 0 Å². The van der Waals surface area contributed by atoms with E-state index >= 15 is 0 Å². The Bertz CT molecular complexity index is 215. The van der Waals surface area contributed by atoms with Gasteiger partial charge in [-0.2, -0.15) is 13.2 Å². The number of nitrogens with zero attached hydrogens (tertiary/aromatic N) is 1. The molecule has 6 heteroatoms. The summed E-state index contributed by atoms with van der Waals surface area (Å²) in [6.45, 7) is 1.68. The van der Waals surface area contributed by atoms with Gasteiger partial charge in [0, 0.05) is 13.7 Å². The Kier molecular flexibility index (Phi) is 5.69. The van der Waals surface area contributed by atoms with Crippen molar-refractivity contribution in [3.05, 3.63) is 0 Å². The van der Waals surface area contributed by atoms with Crippen molar-refractivity contribution >= 4 is 0 Å². The van der Waals surface area contributed by atoms with E-state index in [1.54, 1.807) is 7.11 Å². The van der Waals surface area contributed by atoms with Crippen LogP contribution in [0.2, 0.25) is 0 Å². The number of piperidine rings is 1. The van der Waals surface area contributed by atoms with Crippen LogP contribution in [0.5, 0.6) is 0 Å². The lowest BCUT2D eigenvalue weighted by Crippen LogP contribution is -2.50. The summed E-state index contributed by atoms with van der Waals surface area (Å²) < 4.78 is 43.5. The first-order valence-corrected chi connectivity index (χ1v) is 5.98. The van der Waals surface area contributed by atoms with Gasteiger partial charge in [-0.3, -0.25) is 4.90 Å². The second kappa shape index (κ2) is 6.56. The monoisotopic (exact) mass is 254 g/mol. The molecule has 1 rings (SSSR count). The Morgan fingerprint density at radius 3 is 2.35 bits per heavy atom. The second-order valence-corrected chi connectivity index (χ2v) is 4.57. The minimum absolute atomic E-state index is 0.0154. The molecule has 0 aromatic carbocycles. The molecule has 1 unspecified atom stereocenters. The van der Waals surface area contributed by atoms with Crippen LogP contribution in [-0.4, -0.2) is 50.5 Å². The first kappa shape index (κ1) is 14.7. The lowest BCUT2D eigenvalue weighted by Gasteiger charge is -2.38. The summed E-state index contributed by atoms with van der Waals surface area (Å²) in [4.78, 5) is 1.51. The van der Waals surface area contributed by atoms with Crippen molar-refractivity contribution in [2.75, 3.05) is 33.4 Å². The van der Waals surface area contributed by atoms with E-state index in [9.17, 15) is 13.2 Å². The molecule has 0 aromatic rings. The normalized spacial score (nSPS) is 21.7. The molecule has 0 saturated carbocycles. The van der Waals surface area contributed by atoms with Crippen molar-refractivity contribution in [3.63, 3.8) is 0 Å². The van der Waals surface area contributed by atoms with E-state index in [1.165, 1.54) is 4.90 Å². The van der Waals surface area contributed by atoms with Gasteiger partial charge in [0.25, 0.3) is 0 Å². The van der Waals surface area contributed by atoms with Crippen molar-refractivity contribution in [2.45, 2.75) is 31.5 Å². The molecule has 1 aliphatic heterocycles. The third kappa shape index (κ3) is 4.44. The summed E-state index contributed by atoms with van der Waals surface area (Å²) in [5, 5.41) is 0. The van der Waals surface area contributed by atoms with Crippen LogP contribution in [0.25, 0.3) is 0 Å². The van der Waals surface area contributed by atoms with Gasteiger partial charge in [-0.25, -0.2) is 0 Å². The van der Waals surface area contributed by atoms with Crippen LogP contribution >= 0.6 is 0 Å². The Balaban J connectivity index is 2.49. The molecule has 3 nitrogen and oxygen atoms in total. The number of alkyl halides is 3. The molecule has 0 amide bonds. The summed E-state index contributed by atoms with van der Waals surface area (Å²) in [5.74, 6) is 0.392. The fourth-order valence-corrected chi connectivity index (χ4v) is 2.38. The first-order chi connectivity index (χ1) is 7.99. The van der Waals surface area contributed by atoms with E-state index in [2.05, 4.69) is 0 Å². The molecule has 0 radical (unpaired) electrons. The number of rotatable bonds is 5. The highest BCUT2D eigenvalue weighted by Gasteiger charge is 2.43. The first-order valence-electron chi connectivity index (χ1n) is 5.98. The van der Waals surface area contributed by atoms with Crippen LogP contribution in [0, 0.1) is 5.92 Å².